The predicted octanol–water partition coefficient (Wildman–Crippen LogP) is 1.45. The average molecular weight is 312 g/mol. The number of amides is 1. The van der Waals surface area contributed by atoms with Crippen molar-refractivity contribution in [2.45, 2.75) is 44.3 Å². The summed E-state index contributed by atoms with van der Waals surface area (Å²) in [4.78, 5) is 18.5. The number of rotatable bonds is 5. The molecule has 0 saturated carbocycles. The highest BCUT2D eigenvalue weighted by Crippen LogP contribution is 2.25. The van der Waals surface area contributed by atoms with E-state index < -0.39 is 0 Å². The zero-order valence-corrected chi connectivity index (χ0v) is 13.9. The number of hydrogen-bond acceptors (Lipinski definition) is 3. The third-order valence-corrected chi connectivity index (χ3v) is 5.34. The molecular formula is C15H28N4OS. The first-order valence-corrected chi connectivity index (χ1v) is 9.26. The van der Waals surface area contributed by atoms with Crippen molar-refractivity contribution in [2.24, 2.45) is 4.99 Å². The van der Waals surface area contributed by atoms with E-state index in [1.807, 2.05) is 23.6 Å². The van der Waals surface area contributed by atoms with Crippen LogP contribution >= 0.6 is 11.8 Å². The van der Waals surface area contributed by atoms with E-state index in [9.17, 15) is 4.79 Å². The zero-order valence-electron chi connectivity index (χ0n) is 13.1. The summed E-state index contributed by atoms with van der Waals surface area (Å²) in [5, 5.41) is 7.28. The molecule has 2 fully saturated rings. The van der Waals surface area contributed by atoms with Gasteiger partial charge >= 0.3 is 0 Å². The molecule has 2 aliphatic heterocycles. The van der Waals surface area contributed by atoms with Gasteiger partial charge in [-0.15, -0.1) is 0 Å². The van der Waals surface area contributed by atoms with Crippen molar-refractivity contribution >= 4 is 23.6 Å². The quantitative estimate of drug-likeness (QED) is 0.596. The second-order valence-corrected chi connectivity index (χ2v) is 7.06. The molecule has 0 aromatic heterocycles. The van der Waals surface area contributed by atoms with E-state index in [4.69, 9.17) is 0 Å². The number of thioether (sulfide) groups is 1. The maximum atomic E-state index is 12.1. The molecule has 21 heavy (non-hydrogen) atoms. The summed E-state index contributed by atoms with van der Waals surface area (Å²) in [6.07, 6.45) is 6.11. The van der Waals surface area contributed by atoms with Crippen LogP contribution in [0, 0.1) is 0 Å². The first-order valence-electron chi connectivity index (χ1n) is 8.21. The molecule has 2 saturated heterocycles. The van der Waals surface area contributed by atoms with E-state index in [1.165, 1.54) is 25.0 Å². The molecular weight excluding hydrogens is 284 g/mol. The minimum atomic E-state index is 0.155. The van der Waals surface area contributed by atoms with Crippen molar-refractivity contribution in [3.8, 4) is 0 Å². The number of piperidine rings is 1. The Labute approximate surface area is 132 Å². The van der Waals surface area contributed by atoms with Gasteiger partial charge in [0.05, 0.1) is 0 Å². The smallest absolute Gasteiger partial charge is 0.244 e. The Balaban J connectivity index is 1.76. The molecule has 0 bridgehead atoms. The number of carbonyl (C=O) groups excluding carboxylic acids is 1. The molecule has 1 amide bonds. The average Bonchev–Trinajstić information content (AvgIpc) is 3.04. The fraction of sp³-hybridized carbons (Fsp3) is 0.867. The molecule has 6 heteroatoms. The van der Waals surface area contributed by atoms with Crippen molar-refractivity contribution in [2.75, 3.05) is 38.5 Å². The lowest BCUT2D eigenvalue weighted by molar-refractivity contribution is -0.130. The highest BCUT2D eigenvalue weighted by Gasteiger charge is 2.17. The lowest BCUT2D eigenvalue weighted by Crippen LogP contribution is -2.42. The highest BCUT2D eigenvalue weighted by atomic mass is 32.2. The van der Waals surface area contributed by atoms with Crippen LogP contribution < -0.4 is 10.6 Å². The summed E-state index contributed by atoms with van der Waals surface area (Å²) in [6, 6.07) is 0. The molecule has 5 nitrogen and oxygen atoms in total. The standard InChI is InChI=1S/C15H28N4OS/c1-2-16-15(17-11-13-7-6-10-21-13)18-12-14(20)19-8-4-3-5-9-19/h13H,2-12H2,1H3,(H2,16,17,18). The van der Waals surface area contributed by atoms with E-state index >= 15 is 0 Å². The van der Waals surface area contributed by atoms with Crippen molar-refractivity contribution in [1.82, 2.24) is 15.5 Å². The van der Waals surface area contributed by atoms with Crippen molar-refractivity contribution in [1.29, 1.82) is 0 Å². The topological polar surface area (TPSA) is 56.7 Å². The van der Waals surface area contributed by atoms with E-state index in [0.29, 0.717) is 5.25 Å². The summed E-state index contributed by atoms with van der Waals surface area (Å²) in [7, 11) is 0. The third kappa shape index (κ3) is 5.77. The van der Waals surface area contributed by atoms with Crippen LogP contribution in [0.4, 0.5) is 0 Å². The lowest BCUT2D eigenvalue weighted by atomic mass is 10.1. The lowest BCUT2D eigenvalue weighted by Gasteiger charge is -2.26. The maximum absolute atomic E-state index is 12.1. The SMILES string of the molecule is CCNC(=NCC(=O)N1CCCCC1)NCC1CCCS1. The van der Waals surface area contributed by atoms with E-state index in [1.54, 1.807) is 0 Å². The molecule has 0 spiro atoms. The second kappa shape index (κ2) is 9.18. The van der Waals surface area contributed by atoms with Gasteiger partial charge in [0.25, 0.3) is 0 Å². The monoisotopic (exact) mass is 312 g/mol. The Bertz CT molecular complexity index is 350. The van der Waals surface area contributed by atoms with Crippen molar-refractivity contribution in [3.63, 3.8) is 0 Å². The number of guanidine groups is 1. The van der Waals surface area contributed by atoms with Gasteiger partial charge in [0, 0.05) is 31.4 Å². The summed E-state index contributed by atoms with van der Waals surface area (Å²) in [6.45, 7) is 5.87. The van der Waals surface area contributed by atoms with Crippen LogP contribution in [0.2, 0.25) is 0 Å². The molecule has 2 heterocycles. The number of carbonyl (C=O) groups is 1. The fourth-order valence-electron chi connectivity index (χ4n) is 2.75. The summed E-state index contributed by atoms with van der Waals surface area (Å²) in [5.74, 6) is 2.20. The Morgan fingerprint density at radius 2 is 2.05 bits per heavy atom. The molecule has 2 rings (SSSR count). The van der Waals surface area contributed by atoms with Crippen LogP contribution in [0.25, 0.3) is 0 Å². The molecule has 0 aromatic carbocycles. The predicted molar refractivity (Wildman–Crippen MR) is 89.9 cm³/mol. The van der Waals surface area contributed by atoms with Crippen LogP contribution in [0.1, 0.15) is 39.0 Å². The molecule has 2 N–H and O–H groups in total. The highest BCUT2D eigenvalue weighted by molar-refractivity contribution is 8.00. The Morgan fingerprint density at radius 1 is 1.24 bits per heavy atom. The van der Waals surface area contributed by atoms with E-state index in [0.717, 1.165) is 45.0 Å². The largest absolute Gasteiger partial charge is 0.357 e. The number of nitrogens with zero attached hydrogens (tertiary/aromatic N) is 2. The van der Waals surface area contributed by atoms with Gasteiger partial charge in [0.15, 0.2) is 5.96 Å². The van der Waals surface area contributed by atoms with Crippen LogP contribution in [0.5, 0.6) is 0 Å². The Hall–Kier alpha value is -0.910. The van der Waals surface area contributed by atoms with Gasteiger partial charge in [0.2, 0.25) is 5.91 Å². The van der Waals surface area contributed by atoms with Crippen LogP contribution in [-0.2, 0) is 4.79 Å². The van der Waals surface area contributed by atoms with Gasteiger partial charge in [-0.3, -0.25) is 4.79 Å². The molecule has 1 unspecified atom stereocenters. The Kier molecular flexibility index (Phi) is 7.19. The van der Waals surface area contributed by atoms with Gasteiger partial charge in [-0.25, -0.2) is 4.99 Å². The summed E-state index contributed by atoms with van der Waals surface area (Å²) < 4.78 is 0. The van der Waals surface area contributed by atoms with Gasteiger partial charge in [-0.1, -0.05) is 0 Å². The second-order valence-electron chi connectivity index (χ2n) is 5.65. The normalized spacial score (nSPS) is 23.2. The summed E-state index contributed by atoms with van der Waals surface area (Å²) in [5.41, 5.74) is 0. The van der Waals surface area contributed by atoms with Gasteiger partial charge in [-0.2, -0.15) is 11.8 Å². The van der Waals surface area contributed by atoms with Crippen molar-refractivity contribution < 1.29 is 4.79 Å². The molecule has 0 radical (unpaired) electrons. The van der Waals surface area contributed by atoms with E-state index in [-0.39, 0.29) is 12.5 Å². The molecule has 0 aliphatic carbocycles. The maximum Gasteiger partial charge on any atom is 0.244 e. The van der Waals surface area contributed by atoms with Crippen LogP contribution in [-0.4, -0.2) is 60.5 Å². The third-order valence-electron chi connectivity index (χ3n) is 3.95. The van der Waals surface area contributed by atoms with Crippen molar-refractivity contribution in [3.05, 3.63) is 0 Å². The van der Waals surface area contributed by atoms with E-state index in [2.05, 4.69) is 15.6 Å². The van der Waals surface area contributed by atoms with Crippen LogP contribution in [0.15, 0.2) is 4.99 Å². The minimum absolute atomic E-state index is 0.155. The summed E-state index contributed by atoms with van der Waals surface area (Å²) >= 11 is 2.03. The number of aliphatic imine (C=N–C) groups is 1. The number of nitrogens with one attached hydrogen (secondary N) is 2. The molecule has 1 atom stereocenters. The van der Waals surface area contributed by atoms with Gasteiger partial charge in [-0.05, 0) is 44.8 Å². The Morgan fingerprint density at radius 3 is 2.71 bits per heavy atom. The molecule has 0 aromatic rings. The first kappa shape index (κ1) is 16.5. The molecule has 120 valence electrons. The first-order chi connectivity index (χ1) is 10.3. The number of likely N-dealkylation sites (tertiary alicyclic amines) is 1. The minimum Gasteiger partial charge on any atom is -0.357 e. The zero-order chi connectivity index (χ0) is 14.9. The fourth-order valence-corrected chi connectivity index (χ4v) is 3.95. The number of hydrogen-bond donors (Lipinski definition) is 2. The van der Waals surface area contributed by atoms with Gasteiger partial charge < -0.3 is 15.5 Å². The van der Waals surface area contributed by atoms with Gasteiger partial charge in [0.1, 0.15) is 6.54 Å². The molecule has 2 aliphatic rings. The van der Waals surface area contributed by atoms with Crippen LogP contribution in [0.3, 0.4) is 0 Å².